The van der Waals surface area contributed by atoms with Gasteiger partial charge in [0.1, 0.15) is 0 Å². The zero-order chi connectivity index (χ0) is 15.1. The molecule has 0 aromatic carbocycles. The summed E-state index contributed by atoms with van der Waals surface area (Å²) in [7, 11) is -3.03. The van der Waals surface area contributed by atoms with Gasteiger partial charge >= 0.3 is 0 Å². The lowest BCUT2D eigenvalue weighted by atomic mass is 9.84. The summed E-state index contributed by atoms with van der Waals surface area (Å²) in [5.41, 5.74) is 0. The van der Waals surface area contributed by atoms with Crippen molar-refractivity contribution in [2.45, 2.75) is 70.4 Å². The van der Waals surface area contributed by atoms with Gasteiger partial charge in [-0.05, 0) is 44.6 Å². The van der Waals surface area contributed by atoms with Gasteiger partial charge in [0.2, 0.25) is 0 Å². The van der Waals surface area contributed by atoms with Crippen molar-refractivity contribution < 1.29 is 13.2 Å². The summed E-state index contributed by atoms with van der Waals surface area (Å²) >= 11 is 0. The molecule has 21 heavy (non-hydrogen) atoms. The Hall–Kier alpha value is -0.130. The molecule has 0 spiro atoms. The minimum atomic E-state index is -3.03. The highest BCUT2D eigenvalue weighted by atomic mass is 32.2. The second-order valence-corrected chi connectivity index (χ2v) is 8.82. The Morgan fingerprint density at radius 3 is 2.52 bits per heavy atom. The van der Waals surface area contributed by atoms with Crippen molar-refractivity contribution in [1.82, 2.24) is 5.32 Å². The smallest absolute Gasteiger partial charge is 0.154 e. The van der Waals surface area contributed by atoms with Crippen LogP contribution >= 0.6 is 0 Å². The van der Waals surface area contributed by atoms with E-state index in [2.05, 4.69) is 12.2 Å². The highest BCUT2D eigenvalue weighted by Crippen LogP contribution is 2.27. The maximum atomic E-state index is 12.5. The van der Waals surface area contributed by atoms with Crippen molar-refractivity contribution >= 4 is 9.84 Å². The Morgan fingerprint density at radius 1 is 1.14 bits per heavy atom. The Balaban J connectivity index is 1.91. The third-order valence-electron chi connectivity index (χ3n) is 4.77. The van der Waals surface area contributed by atoms with E-state index >= 15 is 0 Å². The van der Waals surface area contributed by atoms with E-state index in [9.17, 15) is 8.42 Å². The van der Waals surface area contributed by atoms with Crippen molar-refractivity contribution in [2.75, 3.05) is 24.7 Å². The molecule has 2 aliphatic rings. The van der Waals surface area contributed by atoms with Gasteiger partial charge in [-0.15, -0.1) is 0 Å². The van der Waals surface area contributed by atoms with E-state index in [1.165, 1.54) is 32.1 Å². The molecule has 1 saturated heterocycles. The van der Waals surface area contributed by atoms with Crippen LogP contribution in [0.25, 0.3) is 0 Å². The van der Waals surface area contributed by atoms with Crippen molar-refractivity contribution in [3.63, 3.8) is 0 Å². The molecule has 0 radical (unpaired) electrons. The lowest BCUT2D eigenvalue weighted by molar-refractivity contribution is 0.127. The molecule has 2 atom stereocenters. The van der Waals surface area contributed by atoms with Crippen LogP contribution in [-0.4, -0.2) is 45.2 Å². The van der Waals surface area contributed by atoms with E-state index in [1.807, 2.05) is 0 Å². The van der Waals surface area contributed by atoms with Gasteiger partial charge in [0.25, 0.3) is 0 Å². The normalized spacial score (nSPS) is 26.0. The van der Waals surface area contributed by atoms with Gasteiger partial charge < -0.3 is 10.1 Å². The topological polar surface area (TPSA) is 55.4 Å². The third-order valence-corrected chi connectivity index (χ3v) is 6.52. The zero-order valence-corrected chi connectivity index (χ0v) is 14.2. The first-order valence-electron chi connectivity index (χ1n) is 8.66. The molecule has 1 heterocycles. The molecule has 0 bridgehead atoms. The zero-order valence-electron chi connectivity index (χ0n) is 13.4. The predicted molar refractivity (Wildman–Crippen MR) is 86.3 cm³/mol. The second-order valence-electron chi connectivity index (χ2n) is 6.67. The van der Waals surface area contributed by atoms with E-state index in [4.69, 9.17) is 4.74 Å². The van der Waals surface area contributed by atoms with Gasteiger partial charge in [-0.1, -0.05) is 26.2 Å². The molecule has 2 unspecified atom stereocenters. The van der Waals surface area contributed by atoms with Crippen LogP contribution in [0.3, 0.4) is 0 Å². The molecule has 1 aliphatic heterocycles. The number of nitrogens with one attached hydrogen (secondary N) is 1. The molecule has 124 valence electrons. The first kappa shape index (κ1) is 17.2. The molecule has 2 fully saturated rings. The fraction of sp³-hybridized carbons (Fsp3) is 1.00. The standard InChI is InChI=1S/C16H31NO3S/c1-2-10-17-16(14-7-4-3-5-8-14)13-21(18,19)12-15-9-6-11-20-15/h14-17H,2-13H2,1H3. The summed E-state index contributed by atoms with van der Waals surface area (Å²) in [6, 6.07) is 0.136. The summed E-state index contributed by atoms with van der Waals surface area (Å²) in [5.74, 6) is 1.03. The molecule has 4 nitrogen and oxygen atoms in total. The first-order chi connectivity index (χ1) is 10.1. The van der Waals surface area contributed by atoms with E-state index < -0.39 is 9.84 Å². The van der Waals surface area contributed by atoms with Gasteiger partial charge in [0.15, 0.2) is 9.84 Å². The highest BCUT2D eigenvalue weighted by Gasteiger charge is 2.30. The number of ether oxygens (including phenoxy) is 1. The van der Waals surface area contributed by atoms with E-state index in [1.54, 1.807) is 0 Å². The van der Waals surface area contributed by atoms with Crippen LogP contribution in [0, 0.1) is 5.92 Å². The van der Waals surface area contributed by atoms with Crippen LogP contribution in [0.1, 0.15) is 58.3 Å². The number of hydrogen-bond acceptors (Lipinski definition) is 4. The maximum absolute atomic E-state index is 12.5. The van der Waals surface area contributed by atoms with Gasteiger partial charge in [-0.2, -0.15) is 0 Å². The number of rotatable bonds is 8. The minimum Gasteiger partial charge on any atom is -0.377 e. The average Bonchev–Trinajstić information content (AvgIpc) is 2.96. The molecular formula is C16H31NO3S. The Bertz CT molecular complexity index is 384. The van der Waals surface area contributed by atoms with Crippen LogP contribution in [0.15, 0.2) is 0 Å². The van der Waals surface area contributed by atoms with Crippen molar-refractivity contribution in [3.05, 3.63) is 0 Å². The molecule has 0 aromatic rings. The monoisotopic (exact) mass is 317 g/mol. The summed E-state index contributed by atoms with van der Waals surface area (Å²) in [6.07, 6.45) is 9.05. The molecule has 5 heteroatoms. The number of hydrogen-bond donors (Lipinski definition) is 1. The van der Waals surface area contributed by atoms with Crippen molar-refractivity contribution in [2.24, 2.45) is 5.92 Å². The molecule has 1 aliphatic carbocycles. The molecule has 2 rings (SSSR count). The Labute approximate surface area is 129 Å². The molecule has 0 aromatic heterocycles. The van der Waals surface area contributed by atoms with Crippen molar-refractivity contribution in [1.29, 1.82) is 0 Å². The first-order valence-corrected chi connectivity index (χ1v) is 10.5. The van der Waals surface area contributed by atoms with E-state index in [0.29, 0.717) is 5.92 Å². The van der Waals surface area contributed by atoms with E-state index in [0.717, 1.165) is 32.4 Å². The van der Waals surface area contributed by atoms with Crippen LogP contribution in [-0.2, 0) is 14.6 Å². The van der Waals surface area contributed by atoms with Gasteiger partial charge in [0, 0.05) is 12.6 Å². The summed E-state index contributed by atoms with van der Waals surface area (Å²) in [6.45, 7) is 3.77. The minimum absolute atomic E-state index is 0.0619. The summed E-state index contributed by atoms with van der Waals surface area (Å²) in [4.78, 5) is 0. The lowest BCUT2D eigenvalue weighted by Gasteiger charge is -2.31. The molecule has 1 saturated carbocycles. The van der Waals surface area contributed by atoms with Crippen LogP contribution in [0.4, 0.5) is 0 Å². The Kier molecular flexibility index (Phi) is 6.96. The fourth-order valence-corrected chi connectivity index (χ4v) is 5.53. The SMILES string of the molecule is CCCNC(CS(=O)(=O)CC1CCCO1)C1CCCCC1. The third kappa shape index (κ3) is 5.87. The van der Waals surface area contributed by atoms with Gasteiger partial charge in [-0.3, -0.25) is 0 Å². The molecule has 1 N–H and O–H groups in total. The van der Waals surface area contributed by atoms with Gasteiger partial charge in [-0.25, -0.2) is 8.42 Å². The van der Waals surface area contributed by atoms with Gasteiger partial charge in [0.05, 0.1) is 17.6 Å². The summed E-state index contributed by atoms with van der Waals surface area (Å²) < 4.78 is 30.5. The Morgan fingerprint density at radius 2 is 1.90 bits per heavy atom. The average molecular weight is 317 g/mol. The van der Waals surface area contributed by atoms with Crippen LogP contribution in [0.2, 0.25) is 0 Å². The number of sulfone groups is 1. The fourth-order valence-electron chi connectivity index (χ4n) is 3.63. The quantitative estimate of drug-likeness (QED) is 0.747. The van der Waals surface area contributed by atoms with Crippen LogP contribution in [0.5, 0.6) is 0 Å². The lowest BCUT2D eigenvalue weighted by Crippen LogP contribution is -2.44. The maximum Gasteiger partial charge on any atom is 0.154 e. The van der Waals surface area contributed by atoms with E-state index in [-0.39, 0.29) is 23.7 Å². The van der Waals surface area contributed by atoms with Crippen molar-refractivity contribution in [3.8, 4) is 0 Å². The predicted octanol–water partition coefficient (Wildman–Crippen LogP) is 2.53. The van der Waals surface area contributed by atoms with Crippen LogP contribution < -0.4 is 5.32 Å². The highest BCUT2D eigenvalue weighted by molar-refractivity contribution is 7.91. The largest absolute Gasteiger partial charge is 0.377 e. The molecule has 0 amide bonds. The molecular weight excluding hydrogens is 286 g/mol. The summed E-state index contributed by atoms with van der Waals surface area (Å²) in [5, 5.41) is 3.50. The second kappa shape index (κ2) is 8.49.